The highest BCUT2D eigenvalue weighted by Crippen LogP contribution is 2.33. The van der Waals surface area contributed by atoms with Crippen LogP contribution in [-0.4, -0.2) is 15.0 Å². The third-order valence-corrected chi connectivity index (χ3v) is 5.61. The molecule has 2 aromatic heterocycles. The van der Waals surface area contributed by atoms with Gasteiger partial charge >= 0.3 is 6.18 Å². The summed E-state index contributed by atoms with van der Waals surface area (Å²) in [6, 6.07) is 12.5. The Kier molecular flexibility index (Phi) is 5.06. The molecule has 0 amide bonds. The van der Waals surface area contributed by atoms with E-state index >= 15 is 0 Å². The number of hydrogen-bond donors (Lipinski definition) is 2. The minimum absolute atomic E-state index is 0.428. The van der Waals surface area contributed by atoms with Crippen LogP contribution in [0.3, 0.4) is 0 Å². The summed E-state index contributed by atoms with van der Waals surface area (Å²) in [5.74, 6) is 0.428. The van der Waals surface area contributed by atoms with E-state index in [1.807, 2.05) is 24.3 Å². The second kappa shape index (κ2) is 7.51. The molecule has 0 spiro atoms. The molecule has 0 saturated carbocycles. The number of hydrogen-bond acceptors (Lipinski definition) is 6. The molecule has 0 aliphatic rings. The molecule has 2 N–H and O–H groups in total. The van der Waals surface area contributed by atoms with Gasteiger partial charge < -0.3 is 10.6 Å². The van der Waals surface area contributed by atoms with Crippen molar-refractivity contribution >= 4 is 66.6 Å². The second-order valence-corrected chi connectivity index (χ2v) is 7.84. The van der Waals surface area contributed by atoms with Gasteiger partial charge in [0.05, 0.1) is 11.3 Å². The number of para-hydroxylation sites is 1. The minimum atomic E-state index is -4.37. The highest BCUT2D eigenvalue weighted by molar-refractivity contribution is 14.1. The second-order valence-electron chi connectivity index (χ2n) is 5.70. The maximum absolute atomic E-state index is 12.7. The molecule has 4 aromatic rings. The van der Waals surface area contributed by atoms with Gasteiger partial charge in [-0.25, -0.2) is 15.0 Å². The van der Waals surface area contributed by atoms with Crippen LogP contribution in [0.5, 0.6) is 0 Å². The summed E-state index contributed by atoms with van der Waals surface area (Å²) in [7, 11) is 0. The van der Waals surface area contributed by atoms with E-state index in [1.54, 1.807) is 0 Å². The molecule has 0 aliphatic heterocycles. The van der Waals surface area contributed by atoms with Gasteiger partial charge in [-0.05, 0) is 59.0 Å². The summed E-state index contributed by atoms with van der Waals surface area (Å²) >= 11 is 3.60. The van der Waals surface area contributed by atoms with Gasteiger partial charge in [-0.1, -0.05) is 23.5 Å². The Labute approximate surface area is 175 Å². The van der Waals surface area contributed by atoms with E-state index < -0.39 is 11.7 Å². The molecule has 0 saturated heterocycles. The van der Waals surface area contributed by atoms with E-state index in [4.69, 9.17) is 0 Å². The summed E-state index contributed by atoms with van der Waals surface area (Å²) in [5.41, 5.74) is 1.24. The fourth-order valence-electron chi connectivity index (χ4n) is 2.46. The molecule has 0 fully saturated rings. The Hall–Kier alpha value is -2.47. The monoisotopic (exact) mass is 513 g/mol. The van der Waals surface area contributed by atoms with Crippen molar-refractivity contribution in [1.29, 1.82) is 0 Å². The number of benzene rings is 2. The smallest absolute Gasteiger partial charge is 0.338 e. The predicted octanol–water partition coefficient (Wildman–Crippen LogP) is 6.20. The highest BCUT2D eigenvalue weighted by Gasteiger charge is 2.30. The summed E-state index contributed by atoms with van der Waals surface area (Å²) in [6.07, 6.45) is -2.98. The van der Waals surface area contributed by atoms with Crippen molar-refractivity contribution in [2.75, 3.05) is 10.6 Å². The van der Waals surface area contributed by atoms with Gasteiger partial charge in [0.2, 0.25) is 0 Å². The van der Waals surface area contributed by atoms with Crippen LogP contribution in [0.2, 0.25) is 0 Å². The molecule has 4 rings (SSSR count). The van der Waals surface area contributed by atoms with Gasteiger partial charge in [-0.15, -0.1) is 0 Å². The number of thiazole rings is 1. The predicted molar refractivity (Wildman–Crippen MR) is 112 cm³/mol. The van der Waals surface area contributed by atoms with E-state index in [-0.39, 0.29) is 0 Å². The Morgan fingerprint density at radius 2 is 1.68 bits per heavy atom. The quantitative estimate of drug-likeness (QED) is 0.319. The third-order valence-electron chi connectivity index (χ3n) is 3.79. The lowest BCUT2D eigenvalue weighted by molar-refractivity contribution is -0.137. The molecule has 2 aromatic carbocycles. The Morgan fingerprint density at radius 1 is 0.929 bits per heavy atom. The molecule has 2 heterocycles. The van der Waals surface area contributed by atoms with E-state index in [9.17, 15) is 13.2 Å². The Morgan fingerprint density at radius 3 is 2.39 bits per heavy atom. The summed E-state index contributed by atoms with van der Waals surface area (Å²) < 4.78 is 39.2. The van der Waals surface area contributed by atoms with Gasteiger partial charge in [0, 0.05) is 9.26 Å². The molecule has 10 heteroatoms. The zero-order valence-electron chi connectivity index (χ0n) is 14.0. The summed E-state index contributed by atoms with van der Waals surface area (Å²) in [5, 5.41) is 6.91. The van der Waals surface area contributed by atoms with Crippen LogP contribution in [0.15, 0.2) is 54.9 Å². The van der Waals surface area contributed by atoms with Crippen LogP contribution >= 0.6 is 33.9 Å². The molecular weight excluding hydrogens is 502 g/mol. The number of halogens is 4. The van der Waals surface area contributed by atoms with Gasteiger partial charge in [0.1, 0.15) is 11.8 Å². The molecule has 5 nitrogen and oxygen atoms in total. The molecule has 0 bridgehead atoms. The lowest BCUT2D eigenvalue weighted by Gasteiger charge is -2.09. The van der Waals surface area contributed by atoms with Crippen molar-refractivity contribution in [3.63, 3.8) is 0 Å². The van der Waals surface area contributed by atoms with Crippen molar-refractivity contribution in [1.82, 2.24) is 15.0 Å². The molecular formula is C18H11F3IN5S. The first-order valence-electron chi connectivity index (χ1n) is 7.97. The first kappa shape index (κ1) is 18.9. The van der Waals surface area contributed by atoms with Crippen LogP contribution < -0.4 is 10.6 Å². The molecule has 28 heavy (non-hydrogen) atoms. The summed E-state index contributed by atoms with van der Waals surface area (Å²) in [4.78, 5) is 13.6. The lowest BCUT2D eigenvalue weighted by Crippen LogP contribution is -2.04. The van der Waals surface area contributed by atoms with Crippen LogP contribution in [0.25, 0.3) is 10.3 Å². The number of nitrogens with one attached hydrogen (secondary N) is 2. The van der Waals surface area contributed by atoms with Gasteiger partial charge in [0.25, 0.3) is 0 Å². The van der Waals surface area contributed by atoms with Crippen LogP contribution in [0, 0.1) is 3.57 Å². The van der Waals surface area contributed by atoms with Gasteiger partial charge in [0.15, 0.2) is 15.8 Å². The van der Waals surface area contributed by atoms with Crippen molar-refractivity contribution in [3.8, 4) is 0 Å². The van der Waals surface area contributed by atoms with E-state index in [1.165, 1.54) is 29.8 Å². The Bertz CT molecular complexity index is 1130. The number of rotatable bonds is 4. The molecule has 0 aliphatic carbocycles. The largest absolute Gasteiger partial charge is 0.416 e. The fraction of sp³-hybridized carbons (Fsp3) is 0.0556. The SMILES string of the molecule is FC(F)(F)c1ccc(Nc2ncnc3sc(Nc4ccccc4I)nc23)cc1. The van der Waals surface area contributed by atoms with Crippen LogP contribution in [0.1, 0.15) is 5.56 Å². The summed E-state index contributed by atoms with van der Waals surface area (Å²) in [6.45, 7) is 0. The maximum Gasteiger partial charge on any atom is 0.416 e. The average molecular weight is 513 g/mol. The van der Waals surface area contributed by atoms with Crippen molar-refractivity contribution in [2.24, 2.45) is 0 Å². The zero-order valence-corrected chi connectivity index (χ0v) is 16.9. The number of aromatic nitrogens is 3. The number of alkyl halides is 3. The van der Waals surface area contributed by atoms with Crippen LogP contribution in [0.4, 0.5) is 35.5 Å². The van der Waals surface area contributed by atoms with Crippen molar-refractivity contribution < 1.29 is 13.2 Å². The van der Waals surface area contributed by atoms with Crippen molar-refractivity contribution in [3.05, 3.63) is 64.0 Å². The molecule has 142 valence electrons. The number of fused-ring (bicyclic) bond motifs is 1. The molecule has 0 radical (unpaired) electrons. The van der Waals surface area contributed by atoms with Gasteiger partial charge in [-0.3, -0.25) is 0 Å². The third kappa shape index (κ3) is 4.02. The van der Waals surface area contributed by atoms with Gasteiger partial charge in [-0.2, -0.15) is 13.2 Å². The lowest BCUT2D eigenvalue weighted by atomic mass is 10.2. The molecule has 0 atom stereocenters. The number of nitrogens with zero attached hydrogens (tertiary/aromatic N) is 3. The first-order chi connectivity index (χ1) is 13.4. The Balaban J connectivity index is 1.61. The average Bonchev–Trinajstić information content (AvgIpc) is 3.07. The topological polar surface area (TPSA) is 62.7 Å². The van der Waals surface area contributed by atoms with Crippen LogP contribution in [-0.2, 0) is 6.18 Å². The maximum atomic E-state index is 12.7. The first-order valence-corrected chi connectivity index (χ1v) is 9.87. The van der Waals surface area contributed by atoms with Crippen molar-refractivity contribution in [2.45, 2.75) is 6.18 Å². The highest BCUT2D eigenvalue weighted by atomic mass is 127. The van der Waals surface area contributed by atoms with E-state index in [2.05, 4.69) is 48.2 Å². The fourth-order valence-corrected chi connectivity index (χ4v) is 3.80. The van der Waals surface area contributed by atoms with E-state index in [0.29, 0.717) is 27.0 Å². The zero-order chi connectivity index (χ0) is 19.7. The normalized spacial score (nSPS) is 11.6. The minimum Gasteiger partial charge on any atom is -0.338 e. The standard InChI is InChI=1S/C18H11F3IN5S/c19-18(20,21)10-5-7-11(8-6-10)25-15-14-16(24-9-23-15)28-17(27-14)26-13-4-2-1-3-12(13)22/h1-9H,(H,26,27)(H,23,24,25). The number of anilines is 4. The molecule has 0 unspecified atom stereocenters. The van der Waals surface area contributed by atoms with E-state index in [0.717, 1.165) is 21.4 Å².